The van der Waals surface area contributed by atoms with Gasteiger partial charge in [-0.2, -0.15) is 0 Å². The van der Waals surface area contributed by atoms with Crippen LogP contribution >= 0.6 is 17.1 Å². The lowest BCUT2D eigenvalue weighted by atomic mass is 10.5. The number of hydrogen-bond acceptors (Lipinski definition) is 8. The Morgan fingerprint density at radius 2 is 1.68 bits per heavy atom. The van der Waals surface area contributed by atoms with Gasteiger partial charge in [0.05, 0.1) is 13.2 Å². The van der Waals surface area contributed by atoms with Crippen molar-refractivity contribution in [1.29, 1.82) is 0 Å². The fraction of sp³-hybridized carbons (Fsp3) is 0.600. The molecule has 0 aliphatic heterocycles. The summed E-state index contributed by atoms with van der Waals surface area (Å²) >= 11 is 5.99. The molecule has 0 saturated carbocycles. The average molecular weight is 328 g/mol. The van der Waals surface area contributed by atoms with Crippen LogP contribution in [0.15, 0.2) is 11.0 Å². The summed E-state index contributed by atoms with van der Waals surface area (Å²) in [7, 11) is 2.76. The van der Waals surface area contributed by atoms with E-state index in [0.29, 0.717) is 0 Å². The molecule has 0 aliphatic carbocycles. The maximum Gasteiger partial charge on any atom is 0.345 e. The smallest absolute Gasteiger partial charge is 0.345 e. The lowest BCUT2D eigenvalue weighted by Gasteiger charge is -2.17. The van der Waals surface area contributed by atoms with Crippen molar-refractivity contribution >= 4 is 40.8 Å². The van der Waals surface area contributed by atoms with Crippen molar-refractivity contribution in [1.82, 2.24) is 0 Å². The van der Waals surface area contributed by atoms with Crippen molar-refractivity contribution in [2.45, 2.75) is 13.8 Å². The molecule has 19 heavy (non-hydrogen) atoms. The van der Waals surface area contributed by atoms with Crippen LogP contribution in [0.4, 0.5) is 0 Å². The minimum Gasteiger partial charge on any atom is -0.463 e. The summed E-state index contributed by atoms with van der Waals surface area (Å²) in [6.45, 7) is 3.71. The first-order valence-corrected chi connectivity index (χ1v) is 9.45. The molecule has 0 heterocycles. The molecule has 0 atom stereocenters. The summed E-state index contributed by atoms with van der Waals surface area (Å²) in [5.41, 5.74) is -2.72. The first-order valence-electron chi connectivity index (χ1n) is 5.39. The molecule has 0 N–H and O–H groups in total. The third-order valence-electron chi connectivity index (χ3n) is 1.67. The molecular weight excluding hydrogens is 311 g/mol. The van der Waals surface area contributed by atoms with Crippen molar-refractivity contribution in [3.63, 3.8) is 0 Å². The Hall–Kier alpha value is -0.400. The van der Waals surface area contributed by atoms with E-state index in [-0.39, 0.29) is 18.1 Å². The van der Waals surface area contributed by atoms with E-state index in [9.17, 15) is 9.59 Å². The number of carbonyl (C=O) groups is 2. The fourth-order valence-electron chi connectivity index (χ4n) is 0.885. The maximum absolute atomic E-state index is 11.7. The fourth-order valence-corrected chi connectivity index (χ4v) is 3.98. The standard InChI is InChI=1S/C10H17O6PS2/c1-5-15-9(11)7-8(10(12)16-6-2)19-17(18,13-3)14-4/h7H,5-6H2,1-4H3. The van der Waals surface area contributed by atoms with Gasteiger partial charge in [-0.05, 0) is 37.0 Å². The highest BCUT2D eigenvalue weighted by atomic mass is 32.9. The van der Waals surface area contributed by atoms with E-state index >= 15 is 0 Å². The highest BCUT2D eigenvalue weighted by Crippen LogP contribution is 2.62. The quantitative estimate of drug-likeness (QED) is 0.382. The van der Waals surface area contributed by atoms with E-state index in [4.69, 9.17) is 30.3 Å². The highest BCUT2D eigenvalue weighted by molar-refractivity contribution is 8.69. The molecule has 9 heteroatoms. The zero-order valence-electron chi connectivity index (χ0n) is 11.2. The van der Waals surface area contributed by atoms with Crippen molar-refractivity contribution in [2.24, 2.45) is 0 Å². The van der Waals surface area contributed by atoms with Crippen LogP contribution in [0.5, 0.6) is 0 Å². The normalized spacial score (nSPS) is 12.1. The Morgan fingerprint density at radius 1 is 1.16 bits per heavy atom. The van der Waals surface area contributed by atoms with Gasteiger partial charge in [-0.15, -0.1) is 0 Å². The van der Waals surface area contributed by atoms with E-state index in [1.807, 2.05) is 0 Å². The summed E-state index contributed by atoms with van der Waals surface area (Å²) in [6, 6.07) is 0. The van der Waals surface area contributed by atoms with Gasteiger partial charge in [-0.25, -0.2) is 9.59 Å². The highest BCUT2D eigenvalue weighted by Gasteiger charge is 2.25. The van der Waals surface area contributed by atoms with Crippen LogP contribution in [0.3, 0.4) is 0 Å². The van der Waals surface area contributed by atoms with E-state index in [1.54, 1.807) is 13.8 Å². The SMILES string of the molecule is CCOC(=O)C=C(SP(=S)(OC)OC)C(=O)OCC. The van der Waals surface area contributed by atoms with E-state index in [0.717, 1.165) is 17.5 Å². The molecule has 0 amide bonds. The number of esters is 2. The summed E-state index contributed by atoms with van der Waals surface area (Å²) in [5, 5.41) is 0. The van der Waals surface area contributed by atoms with Crippen LogP contribution in [0.25, 0.3) is 0 Å². The largest absolute Gasteiger partial charge is 0.463 e. The first kappa shape index (κ1) is 18.6. The van der Waals surface area contributed by atoms with Gasteiger partial charge in [0.15, 0.2) is 0 Å². The van der Waals surface area contributed by atoms with Crippen LogP contribution in [-0.2, 0) is 39.9 Å². The molecule has 110 valence electrons. The lowest BCUT2D eigenvalue weighted by molar-refractivity contribution is -0.140. The maximum atomic E-state index is 11.7. The van der Waals surface area contributed by atoms with Gasteiger partial charge in [0.1, 0.15) is 4.91 Å². The molecule has 6 nitrogen and oxygen atoms in total. The predicted molar refractivity (Wildman–Crippen MR) is 77.2 cm³/mol. The molecule has 0 aromatic heterocycles. The van der Waals surface area contributed by atoms with E-state index in [2.05, 4.69) is 0 Å². The summed E-state index contributed by atoms with van der Waals surface area (Å²) in [6.07, 6.45) is 1.03. The number of ether oxygens (including phenoxy) is 2. The van der Waals surface area contributed by atoms with Crippen molar-refractivity contribution in [2.75, 3.05) is 27.4 Å². The van der Waals surface area contributed by atoms with Gasteiger partial charge in [0, 0.05) is 20.3 Å². The van der Waals surface area contributed by atoms with Gasteiger partial charge < -0.3 is 18.5 Å². The molecule has 0 spiro atoms. The zero-order chi connectivity index (χ0) is 14.9. The molecule has 0 aromatic carbocycles. The second kappa shape index (κ2) is 9.50. The minimum atomic E-state index is -2.72. The molecule has 0 fully saturated rings. The molecule has 0 unspecified atom stereocenters. The second-order valence-electron chi connectivity index (χ2n) is 2.88. The van der Waals surface area contributed by atoms with E-state index < -0.39 is 17.6 Å². The molecule has 0 rings (SSSR count). The van der Waals surface area contributed by atoms with Crippen molar-refractivity contribution in [3.8, 4) is 0 Å². The monoisotopic (exact) mass is 328 g/mol. The Bertz CT molecular complexity index is 387. The number of carbonyl (C=O) groups excluding carboxylic acids is 2. The van der Waals surface area contributed by atoms with Crippen molar-refractivity contribution < 1.29 is 28.1 Å². The van der Waals surface area contributed by atoms with Crippen LogP contribution in [0.1, 0.15) is 13.8 Å². The van der Waals surface area contributed by atoms with Crippen LogP contribution in [0.2, 0.25) is 0 Å². The summed E-state index contributed by atoms with van der Waals surface area (Å²) in [5.74, 6) is -1.31. The van der Waals surface area contributed by atoms with E-state index in [1.165, 1.54) is 14.2 Å². The van der Waals surface area contributed by atoms with Crippen LogP contribution in [-0.4, -0.2) is 39.4 Å². The molecule has 0 aliphatic rings. The van der Waals surface area contributed by atoms with Gasteiger partial charge in [-0.3, -0.25) is 0 Å². The Kier molecular flexibility index (Phi) is 9.30. The number of rotatable bonds is 8. The number of hydrogen-bond donors (Lipinski definition) is 0. The predicted octanol–water partition coefficient (Wildman–Crippen LogP) is 2.25. The van der Waals surface area contributed by atoms with Gasteiger partial charge >= 0.3 is 11.9 Å². The molecule has 0 bridgehead atoms. The second-order valence-corrected chi connectivity index (χ2v) is 9.26. The van der Waals surface area contributed by atoms with Gasteiger partial charge in [0.2, 0.25) is 0 Å². The zero-order valence-corrected chi connectivity index (χ0v) is 13.7. The van der Waals surface area contributed by atoms with Crippen molar-refractivity contribution in [3.05, 3.63) is 11.0 Å². The minimum absolute atomic E-state index is 0.00679. The topological polar surface area (TPSA) is 71.1 Å². The van der Waals surface area contributed by atoms with Crippen LogP contribution < -0.4 is 0 Å². The Morgan fingerprint density at radius 3 is 2.11 bits per heavy atom. The first-order chi connectivity index (χ1) is 8.92. The average Bonchev–Trinajstić information content (AvgIpc) is 2.38. The molecule has 0 aromatic rings. The molecule has 0 saturated heterocycles. The lowest BCUT2D eigenvalue weighted by Crippen LogP contribution is -2.09. The summed E-state index contributed by atoms with van der Waals surface area (Å²) < 4.78 is 19.7. The molecule has 0 radical (unpaired) electrons. The Balaban J connectivity index is 5.12. The Labute approximate surface area is 121 Å². The third kappa shape index (κ3) is 7.08. The summed E-state index contributed by atoms with van der Waals surface area (Å²) in [4.78, 5) is 23.1. The third-order valence-corrected chi connectivity index (χ3v) is 6.99. The van der Waals surface area contributed by atoms with Gasteiger partial charge in [0.25, 0.3) is 5.69 Å². The van der Waals surface area contributed by atoms with Crippen LogP contribution in [0, 0.1) is 0 Å². The molecular formula is C10H17O6PS2. The van der Waals surface area contributed by atoms with Gasteiger partial charge in [-0.1, -0.05) is 0 Å².